The van der Waals surface area contributed by atoms with Crippen LogP contribution in [0.3, 0.4) is 0 Å². The summed E-state index contributed by atoms with van der Waals surface area (Å²) in [6.45, 7) is 0.880. The molecule has 0 amide bonds. The van der Waals surface area contributed by atoms with Crippen molar-refractivity contribution in [2.45, 2.75) is 32.1 Å². The normalized spacial score (nSPS) is 14.7. The van der Waals surface area contributed by atoms with Crippen LogP contribution in [0.5, 0.6) is 0 Å². The minimum Gasteiger partial charge on any atom is -0.396 e. The Morgan fingerprint density at radius 3 is 2.94 bits per heavy atom. The van der Waals surface area contributed by atoms with Crippen molar-refractivity contribution in [1.82, 2.24) is 0 Å². The second kappa shape index (κ2) is 6.11. The summed E-state index contributed by atoms with van der Waals surface area (Å²) in [6, 6.07) is 7.62. The second-order valence-electron chi connectivity index (χ2n) is 4.66. The molecule has 0 aromatic heterocycles. The van der Waals surface area contributed by atoms with Crippen LogP contribution in [0.1, 0.15) is 37.7 Å². The van der Waals surface area contributed by atoms with Crippen LogP contribution in [-0.2, 0) is 0 Å². The Morgan fingerprint density at radius 1 is 1.33 bits per heavy atom. The predicted octanol–water partition coefficient (Wildman–Crippen LogP) is 3.44. The molecule has 0 saturated carbocycles. The van der Waals surface area contributed by atoms with E-state index in [0.717, 1.165) is 18.7 Å². The maximum atomic E-state index is 8.91. The van der Waals surface area contributed by atoms with Crippen molar-refractivity contribution in [3.63, 3.8) is 0 Å². The van der Waals surface area contributed by atoms with Gasteiger partial charge in [0.15, 0.2) is 0 Å². The molecule has 3 heteroatoms. The summed E-state index contributed by atoms with van der Waals surface area (Å²) in [6.07, 6.45) is 8.53. The Bertz CT molecular complexity index is 483. The van der Waals surface area contributed by atoms with Crippen molar-refractivity contribution < 1.29 is 0 Å². The van der Waals surface area contributed by atoms with Gasteiger partial charge in [0.05, 0.1) is 16.9 Å². The van der Waals surface area contributed by atoms with Crippen LogP contribution in [-0.4, -0.2) is 6.54 Å². The van der Waals surface area contributed by atoms with Crippen molar-refractivity contribution in [2.24, 2.45) is 0 Å². The zero-order valence-corrected chi connectivity index (χ0v) is 10.6. The number of hydrogen-bond acceptors (Lipinski definition) is 3. The highest BCUT2D eigenvalue weighted by atomic mass is 14.9. The zero-order chi connectivity index (χ0) is 12.8. The molecule has 0 heterocycles. The molecule has 0 radical (unpaired) electrons. The molecule has 1 aromatic rings. The third-order valence-electron chi connectivity index (χ3n) is 3.37. The maximum absolute atomic E-state index is 8.91. The zero-order valence-electron chi connectivity index (χ0n) is 10.6. The van der Waals surface area contributed by atoms with E-state index in [1.165, 1.54) is 25.7 Å². The molecule has 1 aliphatic rings. The first-order valence-electron chi connectivity index (χ1n) is 6.51. The molecule has 3 N–H and O–H groups in total. The number of nitrogens with two attached hydrogens (primary N) is 1. The molecule has 18 heavy (non-hydrogen) atoms. The smallest absolute Gasteiger partial charge is 0.101 e. The molecule has 1 aromatic carbocycles. The monoisotopic (exact) mass is 241 g/mol. The number of para-hydroxylation sites is 1. The van der Waals surface area contributed by atoms with Crippen LogP contribution in [0.25, 0.3) is 0 Å². The van der Waals surface area contributed by atoms with E-state index >= 15 is 0 Å². The van der Waals surface area contributed by atoms with Crippen molar-refractivity contribution in [1.29, 1.82) is 5.26 Å². The first kappa shape index (κ1) is 12.5. The Balaban J connectivity index is 1.90. The third-order valence-corrected chi connectivity index (χ3v) is 3.37. The summed E-state index contributed by atoms with van der Waals surface area (Å²) in [5, 5.41) is 12.2. The van der Waals surface area contributed by atoms with E-state index < -0.39 is 0 Å². The topological polar surface area (TPSA) is 61.8 Å². The number of allylic oxidation sites excluding steroid dienone is 1. The van der Waals surface area contributed by atoms with E-state index in [1.807, 2.05) is 12.1 Å². The molecule has 2 rings (SSSR count). The van der Waals surface area contributed by atoms with Gasteiger partial charge in [0, 0.05) is 6.54 Å². The van der Waals surface area contributed by atoms with Gasteiger partial charge in [-0.1, -0.05) is 17.7 Å². The lowest BCUT2D eigenvalue weighted by Gasteiger charge is -2.14. The molecule has 0 unspecified atom stereocenters. The van der Waals surface area contributed by atoms with Gasteiger partial charge in [-0.05, 0) is 44.2 Å². The van der Waals surface area contributed by atoms with Gasteiger partial charge in [0.1, 0.15) is 6.07 Å². The molecule has 0 saturated heterocycles. The van der Waals surface area contributed by atoms with Crippen LogP contribution in [0, 0.1) is 11.3 Å². The summed E-state index contributed by atoms with van der Waals surface area (Å²) in [5.41, 5.74) is 9.42. The van der Waals surface area contributed by atoms with Gasteiger partial charge in [-0.15, -0.1) is 0 Å². The first-order valence-corrected chi connectivity index (χ1v) is 6.51. The fraction of sp³-hybridized carbons (Fsp3) is 0.400. The summed E-state index contributed by atoms with van der Waals surface area (Å²) < 4.78 is 0. The first-order chi connectivity index (χ1) is 8.81. The Kier molecular flexibility index (Phi) is 4.25. The maximum Gasteiger partial charge on any atom is 0.101 e. The number of nitrogen functional groups attached to an aromatic ring is 1. The molecule has 1 aliphatic carbocycles. The van der Waals surface area contributed by atoms with Gasteiger partial charge >= 0.3 is 0 Å². The lowest BCUT2D eigenvalue weighted by Crippen LogP contribution is -2.07. The van der Waals surface area contributed by atoms with Crippen LogP contribution in [0.15, 0.2) is 29.8 Å². The van der Waals surface area contributed by atoms with E-state index in [0.29, 0.717) is 11.3 Å². The second-order valence-corrected chi connectivity index (χ2v) is 4.66. The van der Waals surface area contributed by atoms with Gasteiger partial charge in [-0.3, -0.25) is 0 Å². The lowest BCUT2D eigenvalue weighted by molar-refractivity contribution is 0.679. The molecule has 94 valence electrons. The largest absolute Gasteiger partial charge is 0.396 e. The molecular weight excluding hydrogens is 222 g/mol. The van der Waals surface area contributed by atoms with Crippen LogP contribution >= 0.6 is 0 Å². The molecule has 0 bridgehead atoms. The summed E-state index contributed by atoms with van der Waals surface area (Å²) in [7, 11) is 0. The third kappa shape index (κ3) is 3.04. The fourth-order valence-electron chi connectivity index (χ4n) is 2.31. The van der Waals surface area contributed by atoms with Crippen LogP contribution in [0.2, 0.25) is 0 Å². The average Bonchev–Trinajstić information content (AvgIpc) is 2.42. The molecule has 0 aliphatic heterocycles. The van der Waals surface area contributed by atoms with E-state index in [-0.39, 0.29) is 0 Å². The van der Waals surface area contributed by atoms with Crippen molar-refractivity contribution in [3.05, 3.63) is 35.4 Å². The Morgan fingerprint density at radius 2 is 2.22 bits per heavy atom. The van der Waals surface area contributed by atoms with Gasteiger partial charge in [-0.25, -0.2) is 0 Å². The summed E-state index contributed by atoms with van der Waals surface area (Å²) in [5.74, 6) is 0. The Labute approximate surface area is 108 Å². The fourth-order valence-corrected chi connectivity index (χ4v) is 2.31. The quantitative estimate of drug-likeness (QED) is 0.627. The predicted molar refractivity (Wildman–Crippen MR) is 75.2 cm³/mol. The summed E-state index contributed by atoms with van der Waals surface area (Å²) in [4.78, 5) is 0. The van der Waals surface area contributed by atoms with Crippen LogP contribution in [0.4, 0.5) is 11.4 Å². The molecule has 3 nitrogen and oxygen atoms in total. The molecular formula is C15H19N3. The number of nitrogens with one attached hydrogen (secondary N) is 1. The highest BCUT2D eigenvalue weighted by Crippen LogP contribution is 2.23. The van der Waals surface area contributed by atoms with E-state index in [2.05, 4.69) is 17.5 Å². The average molecular weight is 241 g/mol. The van der Waals surface area contributed by atoms with E-state index in [1.54, 1.807) is 11.6 Å². The Hall–Kier alpha value is -1.95. The molecule has 0 spiro atoms. The number of benzene rings is 1. The number of nitrogens with zero attached hydrogens (tertiary/aromatic N) is 1. The summed E-state index contributed by atoms with van der Waals surface area (Å²) >= 11 is 0. The number of rotatable bonds is 4. The molecule has 0 fully saturated rings. The number of hydrogen-bond donors (Lipinski definition) is 2. The highest BCUT2D eigenvalue weighted by molar-refractivity contribution is 5.72. The highest BCUT2D eigenvalue weighted by Gasteiger charge is 2.05. The number of nitriles is 1. The molecule has 0 atom stereocenters. The van der Waals surface area contributed by atoms with Crippen LogP contribution < -0.4 is 11.1 Å². The van der Waals surface area contributed by atoms with Gasteiger partial charge < -0.3 is 11.1 Å². The van der Waals surface area contributed by atoms with Crippen molar-refractivity contribution in [3.8, 4) is 6.07 Å². The minimum atomic E-state index is 0.539. The van der Waals surface area contributed by atoms with Gasteiger partial charge in [0.2, 0.25) is 0 Å². The standard InChI is InChI=1S/C15H19N3/c16-11-13-7-4-8-14(15(13)17)18-10-9-12-5-2-1-3-6-12/h4-5,7-8,18H,1-3,6,9-10,17H2. The van der Waals surface area contributed by atoms with Gasteiger partial charge in [-0.2, -0.15) is 5.26 Å². The van der Waals surface area contributed by atoms with E-state index in [9.17, 15) is 0 Å². The lowest BCUT2D eigenvalue weighted by atomic mass is 9.97. The minimum absolute atomic E-state index is 0.539. The number of anilines is 2. The SMILES string of the molecule is N#Cc1cccc(NCCC2=CCCCC2)c1N. The van der Waals surface area contributed by atoms with Gasteiger partial charge in [0.25, 0.3) is 0 Å². The van der Waals surface area contributed by atoms with Crippen molar-refractivity contribution >= 4 is 11.4 Å². The van der Waals surface area contributed by atoms with Crippen molar-refractivity contribution in [2.75, 3.05) is 17.6 Å². The van der Waals surface area contributed by atoms with E-state index in [4.69, 9.17) is 11.0 Å².